The standard InChI is InChI=1S/C16H15N5O/c17-21-16(18-10-12-4-2-1-3-5-12)19-15(20-21)14-8-6-13(11-22)7-9-14/h1-9,11H,10,17H2,(H,18,19,20). The predicted octanol–water partition coefficient (Wildman–Crippen LogP) is 2.08. The van der Waals surface area contributed by atoms with Crippen LogP contribution in [0.5, 0.6) is 0 Å². The van der Waals surface area contributed by atoms with Crippen LogP contribution in [-0.2, 0) is 6.54 Å². The number of rotatable bonds is 5. The molecular formula is C16H15N5O. The van der Waals surface area contributed by atoms with Gasteiger partial charge in [0.2, 0.25) is 5.95 Å². The lowest BCUT2D eigenvalue weighted by atomic mass is 10.1. The minimum Gasteiger partial charge on any atom is -0.349 e. The summed E-state index contributed by atoms with van der Waals surface area (Å²) in [5, 5.41) is 7.33. The molecule has 0 bridgehead atoms. The quantitative estimate of drug-likeness (QED) is 0.555. The zero-order valence-corrected chi connectivity index (χ0v) is 11.8. The number of carbonyl (C=O) groups is 1. The molecule has 3 aromatic rings. The fourth-order valence-electron chi connectivity index (χ4n) is 2.05. The highest BCUT2D eigenvalue weighted by atomic mass is 16.1. The van der Waals surface area contributed by atoms with Crippen molar-refractivity contribution >= 4 is 12.2 Å². The van der Waals surface area contributed by atoms with Crippen LogP contribution in [0.1, 0.15) is 15.9 Å². The molecule has 1 aromatic heterocycles. The van der Waals surface area contributed by atoms with Crippen molar-refractivity contribution < 1.29 is 4.79 Å². The number of nitrogens with zero attached hydrogens (tertiary/aromatic N) is 3. The van der Waals surface area contributed by atoms with Crippen molar-refractivity contribution in [2.45, 2.75) is 6.54 Å². The number of hydrogen-bond donors (Lipinski definition) is 2. The Morgan fingerprint density at radius 2 is 1.82 bits per heavy atom. The van der Waals surface area contributed by atoms with Crippen LogP contribution in [0.4, 0.5) is 5.95 Å². The van der Waals surface area contributed by atoms with Crippen LogP contribution >= 0.6 is 0 Å². The van der Waals surface area contributed by atoms with Crippen molar-refractivity contribution in [3.8, 4) is 11.4 Å². The maximum Gasteiger partial charge on any atom is 0.242 e. The molecule has 0 saturated carbocycles. The van der Waals surface area contributed by atoms with Gasteiger partial charge in [0.05, 0.1) is 0 Å². The molecule has 6 nitrogen and oxygen atoms in total. The zero-order valence-electron chi connectivity index (χ0n) is 11.8. The molecule has 0 aliphatic carbocycles. The number of aromatic nitrogens is 3. The molecule has 0 aliphatic rings. The van der Waals surface area contributed by atoms with E-state index in [1.165, 1.54) is 4.79 Å². The Hall–Kier alpha value is -3.15. The van der Waals surface area contributed by atoms with Gasteiger partial charge in [-0.25, -0.2) is 0 Å². The van der Waals surface area contributed by atoms with Gasteiger partial charge in [-0.05, 0) is 5.56 Å². The summed E-state index contributed by atoms with van der Waals surface area (Å²) in [5.41, 5.74) is 2.54. The van der Waals surface area contributed by atoms with Gasteiger partial charge in [-0.1, -0.05) is 54.6 Å². The molecule has 0 unspecified atom stereocenters. The molecule has 2 aromatic carbocycles. The minimum atomic E-state index is 0.485. The lowest BCUT2D eigenvalue weighted by molar-refractivity contribution is 0.112. The van der Waals surface area contributed by atoms with E-state index in [1.807, 2.05) is 30.3 Å². The Bertz CT molecular complexity index is 765. The molecule has 0 amide bonds. The molecule has 0 spiro atoms. The van der Waals surface area contributed by atoms with Crippen molar-refractivity contribution in [1.82, 2.24) is 14.9 Å². The van der Waals surface area contributed by atoms with E-state index in [1.54, 1.807) is 24.3 Å². The smallest absolute Gasteiger partial charge is 0.242 e. The third-order valence-corrected chi connectivity index (χ3v) is 3.23. The lowest BCUT2D eigenvalue weighted by Gasteiger charge is -2.03. The van der Waals surface area contributed by atoms with Gasteiger partial charge < -0.3 is 11.2 Å². The van der Waals surface area contributed by atoms with Crippen LogP contribution in [-0.4, -0.2) is 21.2 Å². The van der Waals surface area contributed by atoms with E-state index in [4.69, 9.17) is 5.84 Å². The van der Waals surface area contributed by atoms with Gasteiger partial charge in [0.15, 0.2) is 5.82 Å². The molecule has 0 radical (unpaired) electrons. The fourth-order valence-corrected chi connectivity index (χ4v) is 2.05. The molecule has 3 rings (SSSR count). The number of carbonyl (C=O) groups excluding carboxylic acids is 1. The highest BCUT2D eigenvalue weighted by Crippen LogP contribution is 2.17. The van der Waals surface area contributed by atoms with Crippen LogP contribution in [0, 0.1) is 0 Å². The average Bonchev–Trinajstić information content (AvgIpc) is 2.95. The molecule has 0 fully saturated rings. The largest absolute Gasteiger partial charge is 0.349 e. The highest BCUT2D eigenvalue weighted by Gasteiger charge is 2.09. The molecule has 110 valence electrons. The van der Waals surface area contributed by atoms with Crippen LogP contribution in [0.25, 0.3) is 11.4 Å². The summed E-state index contributed by atoms with van der Waals surface area (Å²) in [7, 11) is 0. The van der Waals surface area contributed by atoms with Gasteiger partial charge in [-0.3, -0.25) is 4.79 Å². The molecule has 0 aliphatic heterocycles. The summed E-state index contributed by atoms with van der Waals surface area (Å²) in [6.07, 6.45) is 0.797. The predicted molar refractivity (Wildman–Crippen MR) is 84.8 cm³/mol. The van der Waals surface area contributed by atoms with E-state index >= 15 is 0 Å². The van der Waals surface area contributed by atoms with Crippen molar-refractivity contribution in [2.24, 2.45) is 0 Å². The van der Waals surface area contributed by atoms with Gasteiger partial charge in [0, 0.05) is 17.7 Å². The lowest BCUT2D eigenvalue weighted by Crippen LogP contribution is -2.15. The van der Waals surface area contributed by atoms with Crippen molar-refractivity contribution in [2.75, 3.05) is 11.2 Å². The summed E-state index contributed by atoms with van der Waals surface area (Å²) in [6.45, 7) is 0.611. The minimum absolute atomic E-state index is 0.485. The van der Waals surface area contributed by atoms with Crippen molar-refractivity contribution in [1.29, 1.82) is 0 Å². The van der Waals surface area contributed by atoms with Crippen LogP contribution < -0.4 is 11.2 Å². The van der Waals surface area contributed by atoms with Gasteiger partial charge in [0.1, 0.15) is 6.29 Å². The normalized spacial score (nSPS) is 10.4. The Morgan fingerprint density at radius 1 is 1.09 bits per heavy atom. The third kappa shape index (κ3) is 2.95. The fraction of sp³-hybridized carbons (Fsp3) is 0.0625. The van der Waals surface area contributed by atoms with E-state index in [2.05, 4.69) is 15.4 Å². The Balaban J connectivity index is 1.76. The van der Waals surface area contributed by atoms with Gasteiger partial charge in [-0.15, -0.1) is 9.89 Å². The number of nitrogen functional groups attached to an aromatic ring is 1. The number of aldehydes is 1. The summed E-state index contributed by atoms with van der Waals surface area (Å²) < 4.78 is 0. The second kappa shape index (κ2) is 6.09. The van der Waals surface area contributed by atoms with E-state index in [0.29, 0.717) is 23.9 Å². The van der Waals surface area contributed by atoms with Gasteiger partial charge in [-0.2, -0.15) is 4.98 Å². The average molecular weight is 293 g/mol. The number of anilines is 1. The van der Waals surface area contributed by atoms with E-state index < -0.39 is 0 Å². The molecule has 6 heteroatoms. The first-order chi connectivity index (χ1) is 10.8. The summed E-state index contributed by atoms with van der Waals surface area (Å²) in [4.78, 5) is 16.3. The maximum atomic E-state index is 10.7. The number of nitrogens with two attached hydrogens (primary N) is 1. The third-order valence-electron chi connectivity index (χ3n) is 3.23. The second-order valence-corrected chi connectivity index (χ2v) is 4.78. The number of nitrogens with one attached hydrogen (secondary N) is 1. The first kappa shape index (κ1) is 13.8. The van der Waals surface area contributed by atoms with Crippen molar-refractivity contribution in [3.05, 3.63) is 65.7 Å². The van der Waals surface area contributed by atoms with Gasteiger partial charge >= 0.3 is 0 Å². The first-order valence-corrected chi connectivity index (χ1v) is 6.82. The molecule has 22 heavy (non-hydrogen) atoms. The van der Waals surface area contributed by atoms with Crippen LogP contribution in [0.15, 0.2) is 54.6 Å². The highest BCUT2D eigenvalue weighted by molar-refractivity contribution is 5.76. The van der Waals surface area contributed by atoms with Crippen LogP contribution in [0.2, 0.25) is 0 Å². The molecular weight excluding hydrogens is 278 g/mol. The number of benzene rings is 2. The van der Waals surface area contributed by atoms with E-state index in [0.717, 1.165) is 17.4 Å². The Morgan fingerprint density at radius 3 is 2.50 bits per heavy atom. The van der Waals surface area contributed by atoms with Gasteiger partial charge in [0.25, 0.3) is 0 Å². The van der Waals surface area contributed by atoms with E-state index in [9.17, 15) is 4.79 Å². The molecule has 1 heterocycles. The maximum absolute atomic E-state index is 10.7. The topological polar surface area (TPSA) is 85.8 Å². The van der Waals surface area contributed by atoms with E-state index in [-0.39, 0.29) is 0 Å². The summed E-state index contributed by atoms with van der Waals surface area (Å²) in [5.74, 6) is 6.82. The molecule has 0 saturated heterocycles. The zero-order chi connectivity index (χ0) is 15.4. The van der Waals surface area contributed by atoms with Crippen LogP contribution in [0.3, 0.4) is 0 Å². The number of hydrogen-bond acceptors (Lipinski definition) is 5. The SMILES string of the molecule is Nn1nc(-c2ccc(C=O)cc2)nc1NCc1ccccc1. The molecule has 3 N–H and O–H groups in total. The molecule has 0 atom stereocenters. The Labute approximate surface area is 127 Å². The summed E-state index contributed by atoms with van der Waals surface area (Å²) >= 11 is 0. The summed E-state index contributed by atoms with van der Waals surface area (Å²) in [6, 6.07) is 17.0. The monoisotopic (exact) mass is 293 g/mol. The second-order valence-electron chi connectivity index (χ2n) is 4.78. The first-order valence-electron chi connectivity index (χ1n) is 6.82. The van der Waals surface area contributed by atoms with Crippen molar-refractivity contribution in [3.63, 3.8) is 0 Å². The Kier molecular flexibility index (Phi) is 3.82.